The molecule has 3 fully saturated rings. The van der Waals surface area contributed by atoms with Crippen LogP contribution < -0.4 is 5.32 Å². The van der Waals surface area contributed by atoms with Gasteiger partial charge in [-0.15, -0.1) is 24.2 Å². The van der Waals surface area contributed by atoms with Crippen LogP contribution in [0.1, 0.15) is 26.7 Å². The molecule has 0 bridgehead atoms. The molecule has 2 amide bonds. The Morgan fingerprint density at radius 2 is 2.25 bits per heavy atom. The molecule has 3 saturated heterocycles. The number of nitrogens with one attached hydrogen (secondary N) is 1. The maximum Gasteiger partial charge on any atom is 0.246 e. The summed E-state index contributed by atoms with van der Waals surface area (Å²) in [6.07, 6.45) is 1.46. The van der Waals surface area contributed by atoms with E-state index >= 15 is 0 Å². The van der Waals surface area contributed by atoms with Gasteiger partial charge in [-0.1, -0.05) is 0 Å². The van der Waals surface area contributed by atoms with E-state index in [2.05, 4.69) is 19.2 Å². The van der Waals surface area contributed by atoms with Gasteiger partial charge in [0.2, 0.25) is 11.8 Å². The number of hydrogen-bond acceptors (Lipinski definition) is 4. The fraction of sp³-hybridized carbons (Fsp3) is 0.846. The molecule has 3 unspecified atom stereocenters. The highest BCUT2D eigenvalue weighted by Gasteiger charge is 2.53. The van der Waals surface area contributed by atoms with Crippen molar-refractivity contribution in [3.05, 3.63) is 0 Å². The first-order valence-corrected chi connectivity index (χ1v) is 7.98. The Morgan fingerprint density at radius 3 is 2.95 bits per heavy atom. The van der Waals surface area contributed by atoms with Crippen LogP contribution in [0.4, 0.5) is 0 Å². The maximum absolute atomic E-state index is 12.7. The van der Waals surface area contributed by atoms with E-state index in [1.165, 1.54) is 0 Å². The van der Waals surface area contributed by atoms with Gasteiger partial charge < -0.3 is 15.1 Å². The number of carbonyl (C=O) groups is 2. The fourth-order valence-corrected chi connectivity index (χ4v) is 4.77. The van der Waals surface area contributed by atoms with Crippen LogP contribution >= 0.6 is 24.2 Å². The summed E-state index contributed by atoms with van der Waals surface area (Å²) in [5.41, 5.74) is 0. The molecule has 3 heterocycles. The molecule has 3 aliphatic rings. The number of fused-ring (bicyclic) bond motifs is 1. The Balaban J connectivity index is 0.00000147. The van der Waals surface area contributed by atoms with Crippen LogP contribution in [-0.2, 0) is 9.59 Å². The second-order valence-electron chi connectivity index (χ2n) is 5.90. The molecule has 0 aliphatic carbocycles. The highest BCUT2D eigenvalue weighted by Crippen LogP contribution is 2.47. The van der Waals surface area contributed by atoms with Gasteiger partial charge in [-0.2, -0.15) is 0 Å². The van der Waals surface area contributed by atoms with Gasteiger partial charge in [0.1, 0.15) is 6.04 Å². The number of thioether (sulfide) groups is 1. The zero-order valence-electron chi connectivity index (χ0n) is 11.9. The number of carbonyl (C=O) groups excluding carboxylic acids is 2. The third-order valence-corrected chi connectivity index (χ3v) is 5.92. The lowest BCUT2D eigenvalue weighted by Gasteiger charge is -2.36. The Hall–Kier alpha value is -0.460. The molecule has 0 aromatic rings. The predicted molar refractivity (Wildman–Crippen MR) is 82.0 cm³/mol. The third-order valence-electron chi connectivity index (χ3n) is 4.41. The zero-order valence-corrected chi connectivity index (χ0v) is 13.6. The second-order valence-corrected chi connectivity index (χ2v) is 7.41. The van der Waals surface area contributed by atoms with E-state index in [9.17, 15) is 9.59 Å². The van der Waals surface area contributed by atoms with Crippen LogP contribution in [-0.4, -0.2) is 64.0 Å². The molecule has 5 nitrogen and oxygen atoms in total. The summed E-state index contributed by atoms with van der Waals surface area (Å²) in [6, 6.07) is 0.0997. The van der Waals surface area contributed by atoms with Gasteiger partial charge in [0.25, 0.3) is 0 Å². The smallest absolute Gasteiger partial charge is 0.246 e. The van der Waals surface area contributed by atoms with Crippen LogP contribution in [0.3, 0.4) is 0 Å². The Bertz CT molecular complexity index is 422. The van der Waals surface area contributed by atoms with Crippen LogP contribution in [0.15, 0.2) is 0 Å². The lowest BCUT2D eigenvalue weighted by atomic mass is 10.1. The van der Waals surface area contributed by atoms with E-state index in [4.69, 9.17) is 0 Å². The highest BCUT2D eigenvalue weighted by atomic mass is 35.5. The van der Waals surface area contributed by atoms with Crippen molar-refractivity contribution in [2.45, 2.75) is 43.6 Å². The molecule has 0 aromatic heterocycles. The van der Waals surface area contributed by atoms with E-state index in [0.29, 0.717) is 12.5 Å². The van der Waals surface area contributed by atoms with Gasteiger partial charge in [0, 0.05) is 37.8 Å². The van der Waals surface area contributed by atoms with Crippen molar-refractivity contribution in [1.29, 1.82) is 0 Å². The number of piperazine rings is 1. The predicted octanol–water partition coefficient (Wildman–Crippen LogP) is 0.682. The summed E-state index contributed by atoms with van der Waals surface area (Å²) < 4.78 is 0. The van der Waals surface area contributed by atoms with E-state index in [-0.39, 0.29) is 35.1 Å². The van der Waals surface area contributed by atoms with Crippen LogP contribution in [0.2, 0.25) is 0 Å². The van der Waals surface area contributed by atoms with Crippen molar-refractivity contribution in [3.63, 3.8) is 0 Å². The molecule has 0 aromatic carbocycles. The molecular formula is C13H22ClN3O2S. The number of hydrogen-bond donors (Lipinski definition) is 1. The molecule has 3 atom stereocenters. The number of amides is 2. The van der Waals surface area contributed by atoms with Crippen molar-refractivity contribution >= 4 is 36.0 Å². The van der Waals surface area contributed by atoms with E-state index in [1.807, 2.05) is 9.80 Å². The van der Waals surface area contributed by atoms with Gasteiger partial charge in [0.05, 0.1) is 4.87 Å². The van der Waals surface area contributed by atoms with Crippen LogP contribution in [0, 0.1) is 0 Å². The summed E-state index contributed by atoms with van der Waals surface area (Å²) in [5.74, 6) is 1.04. The lowest BCUT2D eigenvalue weighted by molar-refractivity contribution is -0.144. The first-order valence-electron chi connectivity index (χ1n) is 6.99. The first-order chi connectivity index (χ1) is 9.01. The van der Waals surface area contributed by atoms with Gasteiger partial charge in [0.15, 0.2) is 0 Å². The molecule has 114 valence electrons. The summed E-state index contributed by atoms with van der Waals surface area (Å²) >= 11 is 1.76. The van der Waals surface area contributed by atoms with E-state index < -0.39 is 0 Å². The molecule has 3 rings (SSSR count). The van der Waals surface area contributed by atoms with Crippen LogP contribution in [0.5, 0.6) is 0 Å². The maximum atomic E-state index is 12.7. The summed E-state index contributed by atoms with van der Waals surface area (Å²) in [7, 11) is 0. The third kappa shape index (κ3) is 2.53. The average Bonchev–Trinajstić information content (AvgIpc) is 2.86. The molecule has 1 N–H and O–H groups in total. The molecule has 0 spiro atoms. The second kappa shape index (κ2) is 5.73. The summed E-state index contributed by atoms with van der Waals surface area (Å²) in [4.78, 5) is 28.4. The largest absolute Gasteiger partial charge is 0.338 e. The zero-order chi connectivity index (χ0) is 13.6. The van der Waals surface area contributed by atoms with Crippen molar-refractivity contribution in [2.24, 2.45) is 0 Å². The monoisotopic (exact) mass is 319 g/mol. The van der Waals surface area contributed by atoms with Crippen molar-refractivity contribution < 1.29 is 9.59 Å². The molecule has 0 saturated carbocycles. The minimum Gasteiger partial charge on any atom is -0.338 e. The van der Waals surface area contributed by atoms with Gasteiger partial charge in [-0.3, -0.25) is 9.59 Å². The average molecular weight is 320 g/mol. The quantitative estimate of drug-likeness (QED) is 0.772. The minimum absolute atomic E-state index is 0. The Labute approximate surface area is 130 Å². The number of rotatable bonds is 1. The standard InChI is InChI=1S/C13H21N3O2S.ClH/c1-9-7-15(6-5-14-9)12(18)10-8-19-13(2)4-3-11(17)16(10)13;/h9-10,14H,3-8H2,1-2H3;1H. The Kier molecular flexibility index (Phi) is 4.56. The summed E-state index contributed by atoms with van der Waals surface area (Å²) in [5, 5.41) is 3.34. The Morgan fingerprint density at radius 1 is 1.50 bits per heavy atom. The van der Waals surface area contributed by atoms with E-state index in [0.717, 1.165) is 31.8 Å². The van der Waals surface area contributed by atoms with E-state index in [1.54, 1.807) is 11.8 Å². The van der Waals surface area contributed by atoms with Gasteiger partial charge >= 0.3 is 0 Å². The molecule has 20 heavy (non-hydrogen) atoms. The molecule has 3 aliphatic heterocycles. The normalized spacial score (nSPS) is 36.8. The van der Waals surface area contributed by atoms with Gasteiger partial charge in [-0.25, -0.2) is 0 Å². The topological polar surface area (TPSA) is 52.7 Å². The summed E-state index contributed by atoms with van der Waals surface area (Å²) in [6.45, 7) is 6.53. The SMILES string of the molecule is CC1CN(C(=O)C2CSC3(C)CCC(=O)N23)CCN1.Cl. The first kappa shape index (κ1) is 15.9. The molecule has 7 heteroatoms. The fourth-order valence-electron chi connectivity index (χ4n) is 3.35. The number of halogens is 1. The van der Waals surface area contributed by atoms with Crippen molar-refractivity contribution in [2.75, 3.05) is 25.4 Å². The lowest BCUT2D eigenvalue weighted by Crippen LogP contribution is -2.57. The van der Waals surface area contributed by atoms with Crippen molar-refractivity contribution in [1.82, 2.24) is 15.1 Å². The number of nitrogens with zero attached hydrogens (tertiary/aromatic N) is 2. The molecule has 0 radical (unpaired) electrons. The van der Waals surface area contributed by atoms with Crippen LogP contribution in [0.25, 0.3) is 0 Å². The minimum atomic E-state index is -0.240. The molecular weight excluding hydrogens is 298 g/mol. The van der Waals surface area contributed by atoms with Crippen molar-refractivity contribution in [3.8, 4) is 0 Å². The van der Waals surface area contributed by atoms with Gasteiger partial charge in [-0.05, 0) is 20.3 Å². The highest BCUT2D eigenvalue weighted by molar-refractivity contribution is 8.01.